The van der Waals surface area contributed by atoms with Crippen LogP contribution in [-0.2, 0) is 4.74 Å². The predicted octanol–water partition coefficient (Wildman–Crippen LogP) is 4.32. The zero-order valence-electron chi connectivity index (χ0n) is 13.7. The van der Waals surface area contributed by atoms with Crippen LogP contribution < -0.4 is 10.2 Å². The molecule has 1 aliphatic heterocycles. The van der Waals surface area contributed by atoms with Gasteiger partial charge in [0.1, 0.15) is 0 Å². The van der Waals surface area contributed by atoms with E-state index in [0.717, 1.165) is 36.1 Å². The largest absolute Gasteiger partial charge is 0.381 e. The first-order valence-electron chi connectivity index (χ1n) is 8.10. The molecular weight excluding hydrogens is 368 g/mol. The highest BCUT2D eigenvalue weighted by Gasteiger charge is 2.18. The van der Waals surface area contributed by atoms with E-state index in [4.69, 9.17) is 4.74 Å². The van der Waals surface area contributed by atoms with Gasteiger partial charge in [-0.1, -0.05) is 15.9 Å². The molecule has 1 amide bonds. The maximum atomic E-state index is 12.2. The molecule has 0 spiro atoms. The molecule has 24 heavy (non-hydrogen) atoms. The summed E-state index contributed by atoms with van der Waals surface area (Å²) < 4.78 is 6.37. The third-order valence-corrected chi connectivity index (χ3v) is 4.90. The fourth-order valence-corrected chi connectivity index (χ4v) is 3.17. The van der Waals surface area contributed by atoms with Crippen molar-refractivity contribution >= 4 is 33.2 Å². The first kappa shape index (κ1) is 17.0. The van der Waals surface area contributed by atoms with Crippen LogP contribution in [0.15, 0.2) is 53.0 Å². The van der Waals surface area contributed by atoms with Gasteiger partial charge in [-0.25, -0.2) is 0 Å². The third-order valence-electron chi connectivity index (χ3n) is 4.37. The number of carbonyl (C=O) groups excluding carboxylic acids is 1. The molecule has 5 heteroatoms. The van der Waals surface area contributed by atoms with Crippen LogP contribution >= 0.6 is 15.9 Å². The van der Waals surface area contributed by atoms with Crippen molar-refractivity contribution in [3.8, 4) is 0 Å². The van der Waals surface area contributed by atoms with E-state index >= 15 is 0 Å². The second-order valence-electron chi connectivity index (χ2n) is 5.93. The van der Waals surface area contributed by atoms with Gasteiger partial charge in [0, 0.05) is 41.6 Å². The van der Waals surface area contributed by atoms with Gasteiger partial charge in [0.05, 0.1) is 6.10 Å². The molecule has 126 valence electrons. The molecule has 4 nitrogen and oxygen atoms in total. The Morgan fingerprint density at radius 3 is 2.29 bits per heavy atom. The summed E-state index contributed by atoms with van der Waals surface area (Å²) in [5.74, 6) is -0.101. The van der Waals surface area contributed by atoms with Gasteiger partial charge < -0.3 is 15.0 Å². The average molecular weight is 389 g/mol. The maximum Gasteiger partial charge on any atom is 0.255 e. The Bertz CT molecular complexity index is 678. The molecule has 0 bridgehead atoms. The number of rotatable bonds is 4. The van der Waals surface area contributed by atoms with E-state index in [-0.39, 0.29) is 5.91 Å². The minimum Gasteiger partial charge on any atom is -0.381 e. The van der Waals surface area contributed by atoms with Crippen molar-refractivity contribution in [3.63, 3.8) is 0 Å². The fourth-order valence-electron chi connectivity index (χ4n) is 2.91. The van der Waals surface area contributed by atoms with Crippen molar-refractivity contribution < 1.29 is 9.53 Å². The van der Waals surface area contributed by atoms with Crippen molar-refractivity contribution in [2.45, 2.75) is 18.9 Å². The number of carbonyl (C=O) groups is 1. The molecule has 0 aliphatic carbocycles. The minimum atomic E-state index is -0.101. The van der Waals surface area contributed by atoms with Crippen molar-refractivity contribution in [3.05, 3.63) is 58.6 Å². The Morgan fingerprint density at radius 2 is 1.71 bits per heavy atom. The van der Waals surface area contributed by atoms with Gasteiger partial charge in [-0.15, -0.1) is 0 Å². The second-order valence-corrected chi connectivity index (χ2v) is 6.85. The summed E-state index contributed by atoms with van der Waals surface area (Å²) in [6, 6.07) is 15.3. The molecule has 0 atom stereocenters. The highest BCUT2D eigenvalue weighted by molar-refractivity contribution is 9.10. The van der Waals surface area contributed by atoms with Crippen LogP contribution in [0.4, 0.5) is 11.4 Å². The second kappa shape index (κ2) is 7.81. The number of hydrogen-bond donors (Lipinski definition) is 1. The predicted molar refractivity (Wildman–Crippen MR) is 101 cm³/mol. The zero-order valence-corrected chi connectivity index (χ0v) is 15.3. The normalized spacial score (nSPS) is 15.3. The fraction of sp³-hybridized carbons (Fsp3) is 0.316. The van der Waals surface area contributed by atoms with Crippen LogP contribution in [0, 0.1) is 0 Å². The molecule has 0 saturated carbocycles. The number of piperidine rings is 1. The Morgan fingerprint density at radius 1 is 1.08 bits per heavy atom. The molecule has 1 fully saturated rings. The highest BCUT2D eigenvalue weighted by Crippen LogP contribution is 2.23. The van der Waals surface area contributed by atoms with Crippen molar-refractivity contribution in [1.82, 2.24) is 0 Å². The molecule has 2 aromatic rings. The van der Waals surface area contributed by atoms with Gasteiger partial charge in [-0.05, 0) is 61.4 Å². The topological polar surface area (TPSA) is 41.6 Å². The Kier molecular flexibility index (Phi) is 5.53. The summed E-state index contributed by atoms with van der Waals surface area (Å²) in [7, 11) is 1.78. The van der Waals surface area contributed by atoms with Gasteiger partial charge in [0.15, 0.2) is 0 Å². The van der Waals surface area contributed by atoms with Gasteiger partial charge in [0.2, 0.25) is 0 Å². The molecule has 0 radical (unpaired) electrons. The van der Waals surface area contributed by atoms with E-state index in [1.165, 1.54) is 5.69 Å². The molecule has 1 N–H and O–H groups in total. The number of amides is 1. The summed E-state index contributed by atoms with van der Waals surface area (Å²) in [5, 5.41) is 2.93. The summed E-state index contributed by atoms with van der Waals surface area (Å²) in [6.07, 6.45) is 2.49. The first-order chi connectivity index (χ1) is 11.7. The lowest BCUT2D eigenvalue weighted by Crippen LogP contribution is -2.36. The summed E-state index contributed by atoms with van der Waals surface area (Å²) >= 11 is 3.37. The monoisotopic (exact) mass is 388 g/mol. The van der Waals surface area contributed by atoms with E-state index in [9.17, 15) is 4.79 Å². The number of nitrogens with zero attached hydrogens (tertiary/aromatic N) is 1. The van der Waals surface area contributed by atoms with Crippen LogP contribution in [0.1, 0.15) is 23.2 Å². The van der Waals surface area contributed by atoms with E-state index in [2.05, 4.69) is 38.3 Å². The first-order valence-corrected chi connectivity index (χ1v) is 8.90. The number of halogens is 1. The van der Waals surface area contributed by atoms with Crippen molar-refractivity contribution in [2.24, 2.45) is 0 Å². The average Bonchev–Trinajstić information content (AvgIpc) is 2.63. The SMILES string of the molecule is COC1CCN(c2ccc(NC(=O)c3ccc(Br)cc3)cc2)CC1. The van der Waals surface area contributed by atoms with Crippen molar-refractivity contribution in [1.29, 1.82) is 0 Å². The minimum absolute atomic E-state index is 0.101. The van der Waals surface area contributed by atoms with Gasteiger partial charge in [-0.3, -0.25) is 4.79 Å². The van der Waals surface area contributed by atoms with Crippen LogP contribution in [0.25, 0.3) is 0 Å². The molecule has 2 aromatic carbocycles. The standard InChI is InChI=1S/C19H21BrN2O2/c1-24-18-10-12-22(13-11-18)17-8-6-16(7-9-17)21-19(23)14-2-4-15(20)5-3-14/h2-9,18H,10-13H2,1H3,(H,21,23). The van der Waals surface area contributed by atoms with Gasteiger partial charge in [-0.2, -0.15) is 0 Å². The van der Waals surface area contributed by atoms with Gasteiger partial charge >= 0.3 is 0 Å². The molecule has 3 rings (SSSR count). The maximum absolute atomic E-state index is 12.2. The number of nitrogens with one attached hydrogen (secondary N) is 1. The number of ether oxygens (including phenoxy) is 1. The van der Waals surface area contributed by atoms with Crippen molar-refractivity contribution in [2.75, 3.05) is 30.4 Å². The molecular formula is C19H21BrN2O2. The lowest BCUT2D eigenvalue weighted by molar-refractivity contribution is 0.0819. The summed E-state index contributed by atoms with van der Waals surface area (Å²) in [5.41, 5.74) is 2.63. The summed E-state index contributed by atoms with van der Waals surface area (Å²) in [6.45, 7) is 2.01. The highest BCUT2D eigenvalue weighted by atomic mass is 79.9. The van der Waals surface area contributed by atoms with E-state index in [0.29, 0.717) is 11.7 Å². The van der Waals surface area contributed by atoms with E-state index in [1.807, 2.05) is 24.3 Å². The zero-order chi connectivity index (χ0) is 16.9. The van der Waals surface area contributed by atoms with Crippen LogP contribution in [0.3, 0.4) is 0 Å². The van der Waals surface area contributed by atoms with Crippen LogP contribution in [-0.4, -0.2) is 32.2 Å². The third kappa shape index (κ3) is 4.16. The van der Waals surface area contributed by atoms with E-state index < -0.39 is 0 Å². The van der Waals surface area contributed by atoms with Gasteiger partial charge in [0.25, 0.3) is 5.91 Å². The molecule has 1 heterocycles. The van der Waals surface area contributed by atoms with E-state index in [1.54, 1.807) is 19.2 Å². The summed E-state index contributed by atoms with van der Waals surface area (Å²) in [4.78, 5) is 14.6. The molecule has 1 saturated heterocycles. The lowest BCUT2D eigenvalue weighted by atomic mass is 10.1. The van der Waals surface area contributed by atoms with Crippen LogP contribution in [0.5, 0.6) is 0 Å². The number of benzene rings is 2. The van der Waals surface area contributed by atoms with Crippen LogP contribution in [0.2, 0.25) is 0 Å². The number of anilines is 2. The lowest BCUT2D eigenvalue weighted by Gasteiger charge is -2.33. The quantitative estimate of drug-likeness (QED) is 0.847. The molecule has 0 unspecified atom stereocenters. The smallest absolute Gasteiger partial charge is 0.255 e. The molecule has 1 aliphatic rings. The Labute approximate surface area is 150 Å². The Balaban J connectivity index is 1.60. The number of hydrogen-bond acceptors (Lipinski definition) is 3. The molecule has 0 aromatic heterocycles. The Hall–Kier alpha value is -1.85. The number of methoxy groups -OCH3 is 1.